The van der Waals surface area contributed by atoms with Crippen LogP contribution < -0.4 is 10.5 Å². The number of hydrogen-bond acceptors (Lipinski definition) is 6. The number of rotatable bonds is 5. The minimum Gasteiger partial charge on any atom is -0.475 e. The van der Waals surface area contributed by atoms with E-state index in [1.807, 2.05) is 6.07 Å². The SMILES string of the molecule is CC(C)(C)c1cc2c(-c3ccc(S(=O)(=O)NCCN)cn3)ccnc2[nH]1.O=C(O)C(F)(F)F. The van der Waals surface area contributed by atoms with Crippen LogP contribution in [0.1, 0.15) is 26.5 Å². The quantitative estimate of drug-likeness (QED) is 0.432. The van der Waals surface area contributed by atoms with E-state index >= 15 is 0 Å². The Labute approximate surface area is 188 Å². The molecule has 0 aliphatic carbocycles. The Morgan fingerprint density at radius 2 is 1.82 bits per heavy atom. The standard InChI is InChI=1S/C18H23N5O2S.C2HF3O2/c1-18(2,3)16-10-14-13(6-8-20-17(14)23-16)15-5-4-12(11-21-15)26(24,25)22-9-7-19;3-2(4,5)1(6)7/h4-6,8,10-11,22H,7,9,19H2,1-3H3,(H,20,23);(H,6,7). The van der Waals surface area contributed by atoms with Gasteiger partial charge in [0.2, 0.25) is 10.0 Å². The first-order valence-corrected chi connectivity index (χ1v) is 11.1. The predicted molar refractivity (Wildman–Crippen MR) is 116 cm³/mol. The number of alkyl halides is 3. The molecule has 13 heteroatoms. The molecule has 3 heterocycles. The molecule has 0 bridgehead atoms. The van der Waals surface area contributed by atoms with Gasteiger partial charge in [-0.2, -0.15) is 13.2 Å². The summed E-state index contributed by atoms with van der Waals surface area (Å²) in [5.74, 6) is -2.76. The van der Waals surface area contributed by atoms with E-state index in [9.17, 15) is 21.6 Å². The fourth-order valence-corrected chi connectivity index (χ4v) is 3.62. The van der Waals surface area contributed by atoms with Gasteiger partial charge in [-0.3, -0.25) is 4.98 Å². The average molecular weight is 488 g/mol. The molecule has 0 aliphatic heterocycles. The molecule has 0 radical (unpaired) electrons. The van der Waals surface area contributed by atoms with Gasteiger partial charge in [0.1, 0.15) is 10.5 Å². The van der Waals surface area contributed by atoms with Crippen LogP contribution in [0.15, 0.2) is 41.6 Å². The summed E-state index contributed by atoms with van der Waals surface area (Å²) in [5, 5.41) is 8.08. The zero-order chi connectivity index (χ0) is 25.0. The monoisotopic (exact) mass is 487 g/mol. The van der Waals surface area contributed by atoms with Gasteiger partial charge >= 0.3 is 12.1 Å². The molecular formula is C20H24F3N5O4S. The second kappa shape index (κ2) is 9.85. The number of halogens is 3. The van der Waals surface area contributed by atoms with Gasteiger partial charge < -0.3 is 15.8 Å². The number of nitrogens with two attached hydrogens (primary N) is 1. The lowest BCUT2D eigenvalue weighted by Crippen LogP contribution is -2.29. The number of aliphatic carboxylic acids is 1. The Kier molecular flexibility index (Phi) is 7.83. The molecule has 33 heavy (non-hydrogen) atoms. The predicted octanol–water partition coefficient (Wildman–Crippen LogP) is 2.79. The molecule has 9 nitrogen and oxygen atoms in total. The summed E-state index contributed by atoms with van der Waals surface area (Å²) in [5.41, 5.74) is 8.78. The third-order valence-electron chi connectivity index (χ3n) is 4.34. The second-order valence-corrected chi connectivity index (χ2v) is 9.69. The molecule has 3 aromatic heterocycles. The number of nitrogens with one attached hydrogen (secondary N) is 2. The van der Waals surface area contributed by atoms with Crippen LogP contribution in [0.2, 0.25) is 0 Å². The number of sulfonamides is 1. The van der Waals surface area contributed by atoms with Crippen molar-refractivity contribution in [1.29, 1.82) is 0 Å². The highest BCUT2D eigenvalue weighted by atomic mass is 32.2. The fourth-order valence-electron chi connectivity index (χ4n) is 2.63. The number of carboxylic acids is 1. The highest BCUT2D eigenvalue weighted by Gasteiger charge is 2.38. The molecule has 180 valence electrons. The lowest BCUT2D eigenvalue weighted by Gasteiger charge is -2.15. The van der Waals surface area contributed by atoms with E-state index in [2.05, 4.69) is 46.5 Å². The van der Waals surface area contributed by atoms with Crippen LogP contribution in [0, 0.1) is 0 Å². The van der Waals surface area contributed by atoms with Gasteiger partial charge in [-0.05, 0) is 24.3 Å². The Morgan fingerprint density at radius 1 is 1.18 bits per heavy atom. The molecular weight excluding hydrogens is 463 g/mol. The molecule has 0 saturated heterocycles. The van der Waals surface area contributed by atoms with E-state index in [0.717, 1.165) is 22.3 Å². The molecule has 0 amide bonds. The Bertz CT molecular complexity index is 1220. The molecule has 0 spiro atoms. The van der Waals surface area contributed by atoms with Gasteiger partial charge in [-0.15, -0.1) is 0 Å². The summed E-state index contributed by atoms with van der Waals surface area (Å²) in [6, 6.07) is 7.21. The average Bonchev–Trinajstić information content (AvgIpc) is 3.17. The summed E-state index contributed by atoms with van der Waals surface area (Å²) in [4.78, 5) is 21.1. The van der Waals surface area contributed by atoms with E-state index in [4.69, 9.17) is 15.6 Å². The molecule has 3 aromatic rings. The first-order valence-electron chi connectivity index (χ1n) is 9.61. The maximum Gasteiger partial charge on any atom is 0.490 e. The lowest BCUT2D eigenvalue weighted by molar-refractivity contribution is -0.192. The molecule has 0 saturated carbocycles. The summed E-state index contributed by atoms with van der Waals surface area (Å²) >= 11 is 0. The molecule has 0 fully saturated rings. The van der Waals surface area contributed by atoms with Crippen molar-refractivity contribution >= 4 is 27.0 Å². The summed E-state index contributed by atoms with van der Waals surface area (Å²) < 4.78 is 58.4. The van der Waals surface area contributed by atoms with Gasteiger partial charge in [-0.25, -0.2) is 22.9 Å². The van der Waals surface area contributed by atoms with E-state index < -0.39 is 22.2 Å². The highest BCUT2D eigenvalue weighted by Crippen LogP contribution is 2.31. The maximum absolute atomic E-state index is 12.1. The molecule has 0 atom stereocenters. The fraction of sp³-hybridized carbons (Fsp3) is 0.350. The van der Waals surface area contributed by atoms with Crippen molar-refractivity contribution in [2.24, 2.45) is 5.73 Å². The van der Waals surface area contributed by atoms with E-state index in [1.165, 1.54) is 6.20 Å². The van der Waals surface area contributed by atoms with Crippen LogP contribution in [-0.2, 0) is 20.2 Å². The maximum atomic E-state index is 12.1. The van der Waals surface area contributed by atoms with E-state index in [1.54, 1.807) is 18.3 Å². The van der Waals surface area contributed by atoms with Gasteiger partial charge in [0.25, 0.3) is 0 Å². The zero-order valence-electron chi connectivity index (χ0n) is 18.1. The third-order valence-corrected chi connectivity index (χ3v) is 5.79. The lowest BCUT2D eigenvalue weighted by atomic mass is 9.92. The van der Waals surface area contributed by atoms with Crippen molar-refractivity contribution in [1.82, 2.24) is 19.7 Å². The van der Waals surface area contributed by atoms with Crippen LogP contribution in [-0.4, -0.2) is 53.7 Å². The van der Waals surface area contributed by atoms with Gasteiger partial charge in [0.05, 0.1) is 5.69 Å². The number of aromatic amines is 1. The van der Waals surface area contributed by atoms with Crippen molar-refractivity contribution in [2.45, 2.75) is 37.3 Å². The highest BCUT2D eigenvalue weighted by molar-refractivity contribution is 7.89. The first-order chi connectivity index (χ1) is 15.2. The van der Waals surface area contributed by atoms with Crippen LogP contribution in [0.4, 0.5) is 13.2 Å². The number of pyridine rings is 2. The van der Waals surface area contributed by atoms with Crippen LogP contribution in [0.3, 0.4) is 0 Å². The van der Waals surface area contributed by atoms with Crippen molar-refractivity contribution in [3.8, 4) is 11.3 Å². The normalized spacial score (nSPS) is 12.3. The van der Waals surface area contributed by atoms with E-state index in [0.29, 0.717) is 5.69 Å². The zero-order valence-corrected chi connectivity index (χ0v) is 18.9. The Hall–Kier alpha value is -3.03. The van der Waals surface area contributed by atoms with Crippen LogP contribution in [0.25, 0.3) is 22.3 Å². The number of aromatic nitrogens is 3. The molecule has 3 rings (SSSR count). The Morgan fingerprint density at radius 3 is 2.30 bits per heavy atom. The van der Waals surface area contributed by atoms with Crippen molar-refractivity contribution in [2.75, 3.05) is 13.1 Å². The first kappa shape index (κ1) is 26.2. The Balaban J connectivity index is 0.000000479. The summed E-state index contributed by atoms with van der Waals surface area (Å²) in [6.07, 6.45) is -2.01. The van der Waals surface area contributed by atoms with Crippen LogP contribution >= 0.6 is 0 Å². The van der Waals surface area contributed by atoms with Crippen molar-refractivity contribution in [3.63, 3.8) is 0 Å². The number of nitrogens with zero attached hydrogens (tertiary/aromatic N) is 2. The summed E-state index contributed by atoms with van der Waals surface area (Å²) in [6.45, 7) is 6.81. The molecule has 0 aliphatic rings. The summed E-state index contributed by atoms with van der Waals surface area (Å²) in [7, 11) is -3.59. The molecule has 5 N–H and O–H groups in total. The van der Waals surface area contributed by atoms with Gasteiger partial charge in [0, 0.05) is 47.5 Å². The van der Waals surface area contributed by atoms with Crippen molar-refractivity contribution < 1.29 is 31.5 Å². The number of hydrogen-bond donors (Lipinski definition) is 4. The number of H-pyrrole nitrogens is 1. The topological polar surface area (TPSA) is 151 Å². The van der Waals surface area contributed by atoms with Crippen molar-refractivity contribution in [3.05, 3.63) is 42.4 Å². The van der Waals surface area contributed by atoms with E-state index in [-0.39, 0.29) is 23.4 Å². The number of fused-ring (bicyclic) bond motifs is 1. The van der Waals surface area contributed by atoms with Gasteiger partial charge in [0.15, 0.2) is 0 Å². The minimum atomic E-state index is -5.08. The minimum absolute atomic E-state index is 0.0298. The van der Waals surface area contributed by atoms with Crippen LogP contribution in [0.5, 0.6) is 0 Å². The van der Waals surface area contributed by atoms with Gasteiger partial charge in [-0.1, -0.05) is 20.8 Å². The smallest absolute Gasteiger partial charge is 0.475 e. The number of carbonyl (C=O) groups is 1. The largest absolute Gasteiger partial charge is 0.490 e. The number of carboxylic acid groups (broad SMARTS) is 1. The third kappa shape index (κ3) is 6.73. The second-order valence-electron chi connectivity index (χ2n) is 7.92. The molecule has 0 aromatic carbocycles. The molecule has 0 unspecified atom stereocenters.